The number of non-ortho nitro benzene ring substituents is 1. The van der Waals surface area contributed by atoms with Crippen molar-refractivity contribution in [3.05, 3.63) is 85.6 Å². The lowest BCUT2D eigenvalue weighted by Crippen LogP contribution is -2.26. The van der Waals surface area contributed by atoms with E-state index in [1.807, 2.05) is 0 Å². The second-order valence-electron chi connectivity index (χ2n) is 5.89. The van der Waals surface area contributed by atoms with E-state index < -0.39 is 16.6 Å². The first-order valence-corrected chi connectivity index (χ1v) is 9.07. The molecule has 0 saturated carbocycles. The molecule has 1 heterocycles. The van der Waals surface area contributed by atoms with Crippen LogP contribution in [-0.2, 0) is 0 Å². The minimum atomic E-state index is -0.655. The molecule has 0 unspecified atom stereocenters. The van der Waals surface area contributed by atoms with Crippen molar-refractivity contribution >= 4 is 50.5 Å². The van der Waals surface area contributed by atoms with Gasteiger partial charge in [-0.25, -0.2) is 4.39 Å². The second kappa shape index (κ2) is 6.88. The Labute approximate surface area is 171 Å². The summed E-state index contributed by atoms with van der Waals surface area (Å²) >= 11 is 9.21. The lowest BCUT2D eigenvalue weighted by molar-refractivity contribution is -0.384. The van der Waals surface area contributed by atoms with Crippen LogP contribution in [0.4, 0.5) is 21.5 Å². The highest BCUT2D eigenvalue weighted by Gasteiger charge is 2.32. The van der Waals surface area contributed by atoms with Crippen molar-refractivity contribution in [1.82, 2.24) is 0 Å². The van der Waals surface area contributed by atoms with Gasteiger partial charge in [-0.05, 0) is 42.5 Å². The van der Waals surface area contributed by atoms with E-state index in [0.29, 0.717) is 9.50 Å². The van der Waals surface area contributed by atoms with Crippen LogP contribution in [0.1, 0.15) is 10.4 Å². The Morgan fingerprint density at radius 1 is 1.04 bits per heavy atom. The van der Waals surface area contributed by atoms with Crippen LogP contribution in [0.25, 0.3) is 0 Å². The predicted octanol–water partition coefficient (Wildman–Crippen LogP) is 6.23. The van der Waals surface area contributed by atoms with Crippen LogP contribution >= 0.6 is 27.5 Å². The molecule has 0 N–H and O–H groups in total. The number of amides is 1. The van der Waals surface area contributed by atoms with Gasteiger partial charge in [0, 0.05) is 15.6 Å². The minimum Gasteiger partial charge on any atom is -0.454 e. The van der Waals surface area contributed by atoms with Crippen LogP contribution in [0, 0.1) is 15.9 Å². The highest BCUT2D eigenvalue weighted by molar-refractivity contribution is 9.10. The zero-order valence-electron chi connectivity index (χ0n) is 13.9. The Morgan fingerprint density at radius 2 is 1.79 bits per heavy atom. The summed E-state index contributed by atoms with van der Waals surface area (Å²) in [5, 5.41) is 11.5. The molecule has 28 heavy (non-hydrogen) atoms. The van der Waals surface area contributed by atoms with Gasteiger partial charge in [-0.2, -0.15) is 0 Å². The number of nitro benzene ring substituents is 1. The van der Waals surface area contributed by atoms with Crippen molar-refractivity contribution in [2.75, 3.05) is 4.90 Å². The van der Waals surface area contributed by atoms with Crippen molar-refractivity contribution in [3.8, 4) is 11.5 Å². The summed E-state index contributed by atoms with van der Waals surface area (Å²) in [6.45, 7) is 0. The number of nitro groups is 1. The van der Waals surface area contributed by atoms with E-state index in [2.05, 4.69) is 15.9 Å². The van der Waals surface area contributed by atoms with Gasteiger partial charge >= 0.3 is 0 Å². The number of fused-ring (bicyclic) bond motifs is 2. The molecule has 4 rings (SSSR count). The summed E-state index contributed by atoms with van der Waals surface area (Å²) in [6, 6.07) is 12.4. The molecule has 1 amide bonds. The number of carbonyl (C=O) groups is 1. The average Bonchev–Trinajstić information content (AvgIpc) is 2.76. The fraction of sp³-hybridized carbons (Fsp3) is 0. The minimum absolute atomic E-state index is 0.0280. The maximum atomic E-state index is 14.7. The maximum absolute atomic E-state index is 14.7. The van der Waals surface area contributed by atoms with E-state index in [0.717, 1.165) is 4.90 Å². The number of carbonyl (C=O) groups excluding carboxylic acids is 1. The quantitative estimate of drug-likeness (QED) is 0.333. The van der Waals surface area contributed by atoms with Gasteiger partial charge in [0.2, 0.25) is 0 Å². The molecule has 0 spiro atoms. The molecule has 0 saturated heterocycles. The maximum Gasteiger partial charge on any atom is 0.273 e. The van der Waals surface area contributed by atoms with Crippen LogP contribution in [0.5, 0.6) is 11.5 Å². The second-order valence-corrected chi connectivity index (χ2v) is 7.24. The zero-order valence-corrected chi connectivity index (χ0v) is 16.2. The molecule has 3 aromatic rings. The number of halogens is 3. The number of nitrogens with zero attached hydrogens (tertiary/aromatic N) is 2. The summed E-state index contributed by atoms with van der Waals surface area (Å²) < 4.78 is 21.0. The lowest BCUT2D eigenvalue weighted by atomic mass is 10.1. The van der Waals surface area contributed by atoms with Gasteiger partial charge in [-0.1, -0.05) is 27.5 Å². The number of rotatable bonds is 2. The van der Waals surface area contributed by atoms with Gasteiger partial charge in [-0.3, -0.25) is 19.8 Å². The number of hydrogen-bond acceptors (Lipinski definition) is 4. The molecular formula is C19H9BrClFN2O4. The normalized spacial score (nSPS) is 12.7. The fourth-order valence-electron chi connectivity index (χ4n) is 2.89. The van der Waals surface area contributed by atoms with E-state index in [9.17, 15) is 19.3 Å². The van der Waals surface area contributed by atoms with E-state index in [4.69, 9.17) is 16.3 Å². The van der Waals surface area contributed by atoms with Crippen LogP contribution in [-0.4, -0.2) is 10.8 Å². The summed E-state index contributed by atoms with van der Waals surface area (Å²) in [7, 11) is 0. The van der Waals surface area contributed by atoms with Crippen LogP contribution in [0.3, 0.4) is 0 Å². The van der Waals surface area contributed by atoms with Crippen molar-refractivity contribution in [2.24, 2.45) is 0 Å². The summed E-state index contributed by atoms with van der Waals surface area (Å²) in [6.07, 6.45) is 0. The lowest BCUT2D eigenvalue weighted by Gasteiger charge is -2.22. The Morgan fingerprint density at radius 3 is 2.50 bits per heavy atom. The molecule has 0 aromatic heterocycles. The molecule has 3 aromatic carbocycles. The van der Waals surface area contributed by atoms with Crippen molar-refractivity contribution < 1.29 is 18.8 Å². The summed E-state index contributed by atoms with van der Waals surface area (Å²) in [5.74, 6) is -1.02. The summed E-state index contributed by atoms with van der Waals surface area (Å²) in [5.41, 5.74) is 0.0254. The van der Waals surface area contributed by atoms with Gasteiger partial charge in [0.05, 0.1) is 27.9 Å². The first-order chi connectivity index (χ1) is 13.3. The highest BCUT2D eigenvalue weighted by Crippen LogP contribution is 2.45. The number of anilines is 2. The Balaban J connectivity index is 2.00. The first-order valence-electron chi connectivity index (χ1n) is 7.90. The molecule has 0 bridgehead atoms. The van der Waals surface area contributed by atoms with Crippen LogP contribution in [0.15, 0.2) is 59.1 Å². The average molecular weight is 464 g/mol. The van der Waals surface area contributed by atoms with Gasteiger partial charge in [0.25, 0.3) is 11.6 Å². The van der Waals surface area contributed by atoms with E-state index in [1.165, 1.54) is 48.5 Å². The van der Waals surface area contributed by atoms with Gasteiger partial charge < -0.3 is 4.74 Å². The predicted molar refractivity (Wildman–Crippen MR) is 105 cm³/mol. The molecule has 0 fully saturated rings. The standard InChI is InChI=1S/C19H9BrClFN2O4/c20-10-1-4-15(14(22)7-10)23-16-5-3-12(24(26)27)9-18(16)28-17-6-2-11(21)8-13(17)19(23)25/h1-9H. The van der Waals surface area contributed by atoms with Crippen LogP contribution < -0.4 is 9.64 Å². The largest absolute Gasteiger partial charge is 0.454 e. The monoisotopic (exact) mass is 462 g/mol. The fourth-order valence-corrected chi connectivity index (χ4v) is 3.40. The summed E-state index contributed by atoms with van der Waals surface area (Å²) in [4.78, 5) is 25.0. The first kappa shape index (κ1) is 18.4. The van der Waals surface area contributed by atoms with Gasteiger partial charge in [0.15, 0.2) is 5.75 Å². The SMILES string of the molecule is O=C1c2cc(Cl)ccc2Oc2cc([N+](=O)[O-])ccc2N1c1ccc(Br)cc1F. The third-order valence-corrected chi connectivity index (χ3v) is 4.87. The molecule has 6 nitrogen and oxygen atoms in total. The molecule has 0 radical (unpaired) electrons. The van der Waals surface area contributed by atoms with Gasteiger partial charge in [-0.15, -0.1) is 0 Å². The molecule has 9 heteroatoms. The smallest absolute Gasteiger partial charge is 0.273 e. The van der Waals surface area contributed by atoms with E-state index in [1.54, 1.807) is 6.07 Å². The van der Waals surface area contributed by atoms with Crippen molar-refractivity contribution in [2.45, 2.75) is 0 Å². The molecule has 140 valence electrons. The van der Waals surface area contributed by atoms with Crippen molar-refractivity contribution in [1.29, 1.82) is 0 Å². The molecule has 0 aliphatic carbocycles. The Bertz CT molecular complexity index is 1150. The third-order valence-electron chi connectivity index (χ3n) is 4.14. The zero-order chi connectivity index (χ0) is 20.0. The van der Waals surface area contributed by atoms with E-state index >= 15 is 0 Å². The topological polar surface area (TPSA) is 72.7 Å². The van der Waals surface area contributed by atoms with Gasteiger partial charge in [0.1, 0.15) is 11.6 Å². The molecule has 0 atom stereocenters. The Kier molecular flexibility index (Phi) is 4.52. The molecular weight excluding hydrogens is 455 g/mol. The number of benzene rings is 3. The number of ether oxygens (including phenoxy) is 1. The van der Waals surface area contributed by atoms with Crippen molar-refractivity contribution in [3.63, 3.8) is 0 Å². The third kappa shape index (κ3) is 3.10. The molecule has 1 aliphatic rings. The highest BCUT2D eigenvalue weighted by atomic mass is 79.9. The van der Waals surface area contributed by atoms with E-state index in [-0.39, 0.29) is 34.1 Å². The van der Waals surface area contributed by atoms with Crippen LogP contribution in [0.2, 0.25) is 5.02 Å². The number of hydrogen-bond donors (Lipinski definition) is 0. The Hall–Kier alpha value is -2.97. The molecule has 1 aliphatic heterocycles.